The molecular formula is C138H248O2. The largest absolute Gasteiger partial charge is 0.496 e. The Kier molecular flexibility index (Phi) is 65.0. The molecular weight excluding hydrogens is 1690 g/mol. The highest BCUT2D eigenvalue weighted by Gasteiger charge is 2.45. The molecule has 0 amide bonds. The van der Waals surface area contributed by atoms with Gasteiger partial charge in [-0.1, -0.05) is 443 Å². The van der Waals surface area contributed by atoms with Crippen LogP contribution in [0.4, 0.5) is 0 Å². The molecule has 0 N–H and O–H groups in total. The third-order valence-corrected chi connectivity index (χ3v) is 32.5. The van der Waals surface area contributed by atoms with Crippen molar-refractivity contribution in [3.63, 3.8) is 0 Å². The molecule has 2 fully saturated rings. The minimum Gasteiger partial charge on any atom is -0.496 e. The van der Waals surface area contributed by atoms with E-state index >= 15 is 0 Å². The molecule has 7 atom stereocenters. The second-order valence-electron chi connectivity index (χ2n) is 57.6. The summed E-state index contributed by atoms with van der Waals surface area (Å²) < 4.78 is 11.3. The Bertz CT molecular complexity index is 3980. The first-order valence-corrected chi connectivity index (χ1v) is 57.1. The van der Waals surface area contributed by atoms with Crippen LogP contribution in [0.15, 0.2) is 173 Å². The Morgan fingerprint density at radius 1 is 0.486 bits per heavy atom. The van der Waals surface area contributed by atoms with Crippen molar-refractivity contribution in [3.8, 4) is 5.75 Å². The van der Waals surface area contributed by atoms with Crippen molar-refractivity contribution in [2.24, 2.45) is 112 Å². The van der Waals surface area contributed by atoms with E-state index in [-0.39, 0.29) is 16.2 Å². The van der Waals surface area contributed by atoms with Crippen LogP contribution < -0.4 is 4.74 Å². The molecule has 2 aromatic rings. The van der Waals surface area contributed by atoms with Gasteiger partial charge in [0.05, 0.1) is 13.2 Å². The molecule has 140 heavy (non-hydrogen) atoms. The average Bonchev–Trinajstić information content (AvgIpc) is 1.52. The van der Waals surface area contributed by atoms with Crippen molar-refractivity contribution in [2.75, 3.05) is 13.7 Å². The first-order valence-electron chi connectivity index (χ1n) is 57.1. The Hall–Kier alpha value is -4.66. The van der Waals surface area contributed by atoms with Crippen LogP contribution in [-0.2, 0) is 23.0 Å². The van der Waals surface area contributed by atoms with Gasteiger partial charge in [0.25, 0.3) is 0 Å². The molecule has 2 aromatic carbocycles. The van der Waals surface area contributed by atoms with Crippen molar-refractivity contribution in [1.29, 1.82) is 0 Å². The van der Waals surface area contributed by atoms with Crippen LogP contribution in [0.5, 0.6) is 5.75 Å². The second kappa shape index (κ2) is 65.2. The smallest absolute Gasteiger partial charge is 0.122 e. The van der Waals surface area contributed by atoms with E-state index in [0.29, 0.717) is 60.3 Å². The maximum atomic E-state index is 5.88. The molecule has 6 rings (SSSR count). The lowest BCUT2D eigenvalue weighted by molar-refractivity contribution is -0.0892. The predicted octanol–water partition coefficient (Wildman–Crippen LogP) is 46.0. The Labute approximate surface area is 881 Å². The van der Waals surface area contributed by atoms with Gasteiger partial charge in [0.2, 0.25) is 0 Å². The molecule has 2 heteroatoms. The minimum absolute atomic E-state index is 0.123. The van der Waals surface area contributed by atoms with Crippen LogP contribution in [0.1, 0.15) is 542 Å². The fraction of sp³-hybridized carbons (Fsp3) is 0.754. The Morgan fingerprint density at radius 2 is 0.929 bits per heavy atom. The molecule has 1 saturated carbocycles. The van der Waals surface area contributed by atoms with Gasteiger partial charge < -0.3 is 9.47 Å². The van der Waals surface area contributed by atoms with E-state index in [1.165, 1.54) is 235 Å². The van der Waals surface area contributed by atoms with Gasteiger partial charge >= 0.3 is 0 Å². The number of benzene rings is 2. The number of hydrogen-bond donors (Lipinski definition) is 0. The van der Waals surface area contributed by atoms with Crippen LogP contribution in [-0.4, -0.2) is 19.8 Å². The highest BCUT2D eigenvalue weighted by Crippen LogP contribution is 2.55. The number of aryl methyl sites for hydroxylation is 1. The van der Waals surface area contributed by atoms with Crippen molar-refractivity contribution in [1.82, 2.24) is 0 Å². The first-order chi connectivity index (χ1) is 63.7. The average molecular weight is 1940 g/mol. The van der Waals surface area contributed by atoms with Crippen molar-refractivity contribution in [3.05, 3.63) is 195 Å². The zero-order chi connectivity index (χ0) is 109. The fourth-order valence-electron chi connectivity index (χ4n) is 19.9. The van der Waals surface area contributed by atoms with Gasteiger partial charge in [-0.25, -0.2) is 0 Å². The summed E-state index contributed by atoms with van der Waals surface area (Å²) in [7, 11) is 1.72. The maximum absolute atomic E-state index is 5.88. The van der Waals surface area contributed by atoms with Gasteiger partial charge in [-0.15, -0.1) is 19.7 Å². The lowest BCUT2D eigenvalue weighted by Crippen LogP contribution is -2.42. The summed E-state index contributed by atoms with van der Waals surface area (Å²) in [4.78, 5) is 0. The van der Waals surface area contributed by atoms with Gasteiger partial charge in [0.1, 0.15) is 5.75 Å². The second-order valence-corrected chi connectivity index (χ2v) is 57.6. The molecule has 1 aliphatic heterocycles. The van der Waals surface area contributed by atoms with E-state index in [9.17, 15) is 0 Å². The van der Waals surface area contributed by atoms with E-state index in [4.69, 9.17) is 9.47 Å². The lowest BCUT2D eigenvalue weighted by Gasteiger charge is -2.47. The quantitative estimate of drug-likeness (QED) is 0.0680. The Morgan fingerprint density at radius 3 is 1.31 bits per heavy atom. The van der Waals surface area contributed by atoms with Crippen LogP contribution in [0.2, 0.25) is 0 Å². The highest BCUT2D eigenvalue weighted by atomic mass is 16.5. The van der Waals surface area contributed by atoms with E-state index < -0.39 is 0 Å². The van der Waals surface area contributed by atoms with E-state index in [1.807, 2.05) is 17.2 Å². The number of ether oxygens (including phenoxy) is 2. The van der Waals surface area contributed by atoms with Gasteiger partial charge in [0, 0.05) is 6.61 Å². The van der Waals surface area contributed by atoms with E-state index in [2.05, 4.69) is 470 Å². The number of hydrogen-bond acceptors (Lipinski definition) is 2. The van der Waals surface area contributed by atoms with Gasteiger partial charge in [-0.05, 0) is 390 Å². The van der Waals surface area contributed by atoms with Crippen molar-refractivity contribution < 1.29 is 9.47 Å². The molecule has 812 valence electrons. The zero-order valence-corrected chi connectivity index (χ0v) is 105. The van der Waals surface area contributed by atoms with Crippen LogP contribution >= 0.6 is 0 Å². The topological polar surface area (TPSA) is 18.5 Å². The maximum Gasteiger partial charge on any atom is 0.122 e. The molecule has 4 unspecified atom stereocenters. The normalized spacial score (nSPS) is 20.1. The van der Waals surface area contributed by atoms with Crippen LogP contribution in [0.25, 0.3) is 0 Å². The monoisotopic (exact) mass is 1940 g/mol. The van der Waals surface area contributed by atoms with E-state index in [0.717, 1.165) is 72.5 Å². The third kappa shape index (κ3) is 61.8. The molecule has 3 aliphatic carbocycles. The summed E-state index contributed by atoms with van der Waals surface area (Å²) in [6.45, 7) is 130. The molecule has 1 saturated heterocycles. The molecule has 0 aromatic heterocycles. The zero-order valence-electron chi connectivity index (χ0n) is 105. The minimum atomic E-state index is 0.123. The molecule has 2 nitrogen and oxygen atoms in total. The third-order valence-electron chi connectivity index (χ3n) is 32.5. The fourth-order valence-corrected chi connectivity index (χ4v) is 19.9. The summed E-state index contributed by atoms with van der Waals surface area (Å²) in [6, 6.07) is 15.3. The lowest BCUT2D eigenvalue weighted by atomic mass is 9.59. The molecule has 0 radical (unpaired) electrons. The van der Waals surface area contributed by atoms with Gasteiger partial charge in [0.15, 0.2) is 0 Å². The number of methoxy groups -OCH3 is 1. The number of allylic oxidation sites excluding steroid dienone is 19. The molecule has 0 bridgehead atoms. The summed E-state index contributed by atoms with van der Waals surface area (Å²) in [5, 5.41) is 0. The van der Waals surface area contributed by atoms with Gasteiger partial charge in [-0.3, -0.25) is 0 Å². The molecule has 1 heterocycles. The summed E-state index contributed by atoms with van der Waals surface area (Å²) >= 11 is 0. The summed E-state index contributed by atoms with van der Waals surface area (Å²) in [5.74, 6) is 8.19. The molecule has 4 aliphatic rings. The van der Waals surface area contributed by atoms with E-state index in [1.54, 1.807) is 7.11 Å². The SMILES string of the molecule is C=CC(C)(CC/C=C(\C)CC)C(C)(C)C.C=CC(C)(CCC=C(C)C)C(C)(C)C.C=CCc1ccc(C(C)(C)C)c(OC)c1.CC(C)=CCC/C(C)=C/CC(C)(C)C.CC(C)=CCC/C(C)=C/CC/C(C)=C/CC(C)(C)C.CC(C)CC1CC(C)(C(C)(C)C)CCO1.CC(C)CC1CCC(C(C)C)CC1.C[C@H]1CC[C@@H](C(C)(C)C(C)(C)C)CC2=C1CC[C@@H]2C.Cc1cccc(CC(C)(C)CC(C)(C)C)c1. The highest BCUT2D eigenvalue weighted by molar-refractivity contribution is 5.42. The van der Waals surface area contributed by atoms with Crippen molar-refractivity contribution in [2.45, 2.75) is 551 Å². The van der Waals surface area contributed by atoms with Crippen LogP contribution in [0.3, 0.4) is 0 Å². The standard InChI is InChI=1S/2C19H34.C16H26.C15H28.C14H28O.C14H20O.2C14H26.C13H26/c1-13-8-10-15(19(6,7)18(3,4)5)12-17-14(2)9-11-16(13)17;1-16(2)10-8-11-17(3)12-9-13-18(4)14-15-19(5,6)7;1-13-8-7-9-14(10-13)11-16(5,6)12-15(2,3)4;1-8-13(3)11-10-12-15(7,9-2)14(4,5)6;1-11(2)9-12-10-14(6,7-8-15-12)13(3,4)5;1-6-7-11-8-9-12(14(2,3)4)13(10-11)15-5;1-12(2)8-7-9-13(3)10-11-14(4,5)6;1-8-14(7,13(4,5)6)11-9-10-12(2)3;1-10(2)9-12-5-7-13(8-6-12)11(3)4/h13-15H,8-12H2,1-7H3;10,12,14H,8-9,11,13,15H2,1-7H3;7-10H,11-12H2,1-6H3;9,11H,2,8,10,12H2,1,3-7H3;11-12H,7-10H2,1-6H3;6,8-10H,1,7H2,2-5H3;8,10H,7,9,11H2,1-6H3;8,10H,1,9,11H2,2-7H3;10-13H,5-9H2,1-4H3/b;17-12+,18-14+;;13-11+;;;13-10+;;/t13-,14-,15+;;;;;;;;/m0......../s1. The predicted molar refractivity (Wildman–Crippen MR) is 643 cm³/mol. The summed E-state index contributed by atoms with van der Waals surface area (Å²) in [6.07, 6.45) is 60.0. The van der Waals surface area contributed by atoms with Gasteiger partial charge in [-0.2, -0.15) is 0 Å². The van der Waals surface area contributed by atoms with Crippen molar-refractivity contribution >= 4 is 0 Å². The van der Waals surface area contributed by atoms with Crippen LogP contribution in [0, 0.1) is 119 Å². The number of rotatable bonds is 32. The first kappa shape index (κ1) is 139. The molecule has 0 spiro atoms. The summed E-state index contributed by atoms with van der Waals surface area (Å²) in [5.41, 5.74) is 23.8. The Balaban J connectivity index is -0.00000151.